The van der Waals surface area contributed by atoms with Crippen molar-refractivity contribution in [3.05, 3.63) is 33.8 Å². The van der Waals surface area contributed by atoms with Gasteiger partial charge in [0, 0.05) is 28.3 Å². The third kappa shape index (κ3) is 2.27. The summed E-state index contributed by atoms with van der Waals surface area (Å²) in [5.41, 5.74) is 4.50. The van der Waals surface area contributed by atoms with Crippen LogP contribution < -0.4 is 0 Å². The van der Waals surface area contributed by atoms with Crippen LogP contribution in [0.5, 0.6) is 11.5 Å². The summed E-state index contributed by atoms with van der Waals surface area (Å²) in [7, 11) is 0. The normalized spacial score (nSPS) is 11.0. The number of phenols is 2. The van der Waals surface area contributed by atoms with Gasteiger partial charge in [-0.1, -0.05) is 0 Å². The number of benzene rings is 1. The summed E-state index contributed by atoms with van der Waals surface area (Å²) >= 11 is 1.57. The predicted octanol–water partition coefficient (Wildman–Crippen LogP) is 3.54. The zero-order chi connectivity index (χ0) is 15.1. The average Bonchev–Trinajstić information content (AvgIpc) is 3.00. The summed E-state index contributed by atoms with van der Waals surface area (Å²) in [6.45, 7) is 5.65. The second kappa shape index (κ2) is 4.89. The van der Waals surface area contributed by atoms with Gasteiger partial charge in [-0.3, -0.25) is 5.10 Å². The van der Waals surface area contributed by atoms with Gasteiger partial charge in [-0.15, -0.1) is 11.3 Å². The van der Waals surface area contributed by atoms with E-state index in [1.54, 1.807) is 24.3 Å². The van der Waals surface area contributed by atoms with Crippen molar-refractivity contribution in [3.8, 4) is 34.0 Å². The number of nitrogens with one attached hydrogen (secondary N) is 1. The van der Waals surface area contributed by atoms with Crippen molar-refractivity contribution in [1.82, 2.24) is 15.2 Å². The molecule has 5 nitrogen and oxygen atoms in total. The molecule has 2 heterocycles. The maximum Gasteiger partial charge on any atom is 0.128 e. The van der Waals surface area contributed by atoms with E-state index >= 15 is 0 Å². The van der Waals surface area contributed by atoms with Crippen LogP contribution in [-0.2, 0) is 0 Å². The molecular formula is C15H15N3O2S. The molecule has 0 unspecified atom stereocenters. The van der Waals surface area contributed by atoms with E-state index in [9.17, 15) is 10.2 Å². The van der Waals surface area contributed by atoms with Crippen LogP contribution in [-0.4, -0.2) is 25.4 Å². The third-order valence-corrected chi connectivity index (χ3v) is 4.17. The van der Waals surface area contributed by atoms with Gasteiger partial charge in [0.05, 0.1) is 10.7 Å². The number of rotatable bonds is 2. The minimum absolute atomic E-state index is 0.00204. The van der Waals surface area contributed by atoms with Gasteiger partial charge < -0.3 is 10.2 Å². The van der Waals surface area contributed by atoms with Gasteiger partial charge >= 0.3 is 0 Å². The number of phenolic OH excluding ortho intramolecular Hbond substituents is 2. The Labute approximate surface area is 125 Å². The molecular weight excluding hydrogens is 286 g/mol. The highest BCUT2D eigenvalue weighted by Crippen LogP contribution is 2.39. The Kier molecular flexibility index (Phi) is 3.17. The van der Waals surface area contributed by atoms with Gasteiger partial charge in [0.2, 0.25) is 0 Å². The number of aromatic hydroxyl groups is 2. The van der Waals surface area contributed by atoms with Crippen molar-refractivity contribution in [1.29, 1.82) is 0 Å². The van der Waals surface area contributed by atoms with Crippen molar-refractivity contribution in [2.24, 2.45) is 0 Å². The molecule has 3 aromatic rings. The number of nitrogens with zero attached hydrogens (tertiary/aromatic N) is 2. The number of aryl methyl sites for hydroxylation is 3. The number of hydrogen-bond acceptors (Lipinski definition) is 5. The van der Waals surface area contributed by atoms with Crippen LogP contribution in [0.2, 0.25) is 0 Å². The Morgan fingerprint density at radius 1 is 1.10 bits per heavy atom. The first-order valence-corrected chi connectivity index (χ1v) is 7.35. The van der Waals surface area contributed by atoms with E-state index in [4.69, 9.17) is 0 Å². The smallest absolute Gasteiger partial charge is 0.128 e. The van der Waals surface area contributed by atoms with E-state index < -0.39 is 0 Å². The molecule has 0 saturated carbocycles. The zero-order valence-corrected chi connectivity index (χ0v) is 12.7. The maximum absolute atomic E-state index is 10.1. The number of H-pyrrole nitrogens is 1. The monoisotopic (exact) mass is 301 g/mol. The maximum atomic E-state index is 10.1. The number of thiazole rings is 1. The average molecular weight is 301 g/mol. The summed E-state index contributed by atoms with van der Waals surface area (Å²) in [5.74, 6) is 0.0624. The van der Waals surface area contributed by atoms with Crippen molar-refractivity contribution >= 4 is 11.3 Å². The third-order valence-electron chi connectivity index (χ3n) is 3.39. The highest BCUT2D eigenvalue weighted by atomic mass is 32.1. The Morgan fingerprint density at radius 2 is 1.86 bits per heavy atom. The Morgan fingerprint density at radius 3 is 2.52 bits per heavy atom. The quantitative estimate of drug-likeness (QED) is 0.676. The van der Waals surface area contributed by atoms with Crippen LogP contribution in [0.1, 0.15) is 16.3 Å². The summed E-state index contributed by atoms with van der Waals surface area (Å²) in [5, 5.41) is 30.0. The van der Waals surface area contributed by atoms with Crippen molar-refractivity contribution < 1.29 is 10.2 Å². The van der Waals surface area contributed by atoms with E-state index in [-0.39, 0.29) is 11.5 Å². The van der Waals surface area contributed by atoms with Crippen molar-refractivity contribution in [2.75, 3.05) is 0 Å². The highest BCUT2D eigenvalue weighted by molar-refractivity contribution is 7.09. The van der Waals surface area contributed by atoms with Crippen LogP contribution >= 0.6 is 11.3 Å². The molecule has 0 amide bonds. The van der Waals surface area contributed by atoms with Crippen molar-refractivity contribution in [2.45, 2.75) is 20.8 Å². The zero-order valence-electron chi connectivity index (χ0n) is 11.9. The molecule has 3 N–H and O–H groups in total. The van der Waals surface area contributed by atoms with Gasteiger partial charge in [-0.25, -0.2) is 4.98 Å². The largest absolute Gasteiger partial charge is 0.508 e. The summed E-state index contributed by atoms with van der Waals surface area (Å²) < 4.78 is 0. The minimum atomic E-state index is -0.00204. The van der Waals surface area contributed by atoms with Crippen LogP contribution in [0.25, 0.3) is 22.5 Å². The van der Waals surface area contributed by atoms with Gasteiger partial charge in [-0.05, 0) is 32.4 Å². The summed E-state index contributed by atoms with van der Waals surface area (Å²) in [4.78, 5) is 4.50. The molecule has 6 heteroatoms. The van der Waals surface area contributed by atoms with Crippen LogP contribution in [0, 0.1) is 20.8 Å². The molecule has 0 saturated heterocycles. The molecule has 108 valence electrons. The first-order chi connectivity index (χ1) is 9.97. The first kappa shape index (κ1) is 13.6. The molecule has 0 spiro atoms. The Balaban J connectivity index is 2.23. The molecule has 0 atom stereocenters. The van der Waals surface area contributed by atoms with E-state index in [1.165, 1.54) is 6.07 Å². The molecule has 0 fully saturated rings. The number of hydrogen-bond donors (Lipinski definition) is 3. The van der Waals surface area contributed by atoms with E-state index in [0.717, 1.165) is 22.0 Å². The fourth-order valence-corrected chi connectivity index (χ4v) is 2.89. The molecule has 1 aromatic carbocycles. The predicted molar refractivity (Wildman–Crippen MR) is 82.7 cm³/mol. The van der Waals surface area contributed by atoms with Gasteiger partial charge in [0.25, 0.3) is 0 Å². The first-order valence-electron chi connectivity index (χ1n) is 6.47. The topological polar surface area (TPSA) is 82.0 Å². The van der Waals surface area contributed by atoms with E-state index in [1.807, 2.05) is 19.2 Å². The lowest BCUT2D eigenvalue weighted by atomic mass is 10.0. The van der Waals surface area contributed by atoms with E-state index in [2.05, 4.69) is 15.2 Å². The lowest BCUT2D eigenvalue weighted by molar-refractivity contribution is 0.449. The molecule has 0 radical (unpaired) electrons. The molecule has 0 aliphatic rings. The minimum Gasteiger partial charge on any atom is -0.508 e. The highest BCUT2D eigenvalue weighted by Gasteiger charge is 2.19. The van der Waals surface area contributed by atoms with Crippen LogP contribution in [0.3, 0.4) is 0 Å². The fraction of sp³-hybridized carbons (Fsp3) is 0.200. The SMILES string of the molecule is Cc1nc(-c2c(-c3cc(C)c(O)cc3O)n[nH]c2C)cs1. The second-order valence-electron chi connectivity index (χ2n) is 4.98. The van der Waals surface area contributed by atoms with Crippen LogP contribution in [0.4, 0.5) is 0 Å². The summed E-state index contributed by atoms with van der Waals surface area (Å²) in [6, 6.07) is 3.06. The summed E-state index contributed by atoms with van der Waals surface area (Å²) in [6.07, 6.45) is 0. The molecule has 3 rings (SSSR count). The Bertz CT molecular complexity index is 820. The lowest BCUT2D eigenvalue weighted by Gasteiger charge is -2.07. The van der Waals surface area contributed by atoms with Gasteiger partial charge in [-0.2, -0.15) is 5.10 Å². The fourth-order valence-electron chi connectivity index (χ4n) is 2.29. The van der Waals surface area contributed by atoms with Gasteiger partial charge in [0.15, 0.2) is 0 Å². The molecule has 21 heavy (non-hydrogen) atoms. The molecule has 0 bridgehead atoms. The molecule has 0 aliphatic carbocycles. The van der Waals surface area contributed by atoms with Crippen LogP contribution in [0.15, 0.2) is 17.5 Å². The lowest BCUT2D eigenvalue weighted by Crippen LogP contribution is -1.87. The standard InChI is InChI=1S/C15H15N3O2S/c1-7-4-10(13(20)5-12(7)19)15-14(8(2)17-18-15)11-6-21-9(3)16-11/h4-6,19-20H,1-3H3,(H,17,18). The number of aromatic amines is 1. The van der Waals surface area contributed by atoms with Crippen molar-refractivity contribution in [3.63, 3.8) is 0 Å². The van der Waals surface area contributed by atoms with Gasteiger partial charge in [0.1, 0.15) is 17.2 Å². The number of aromatic nitrogens is 3. The second-order valence-corrected chi connectivity index (χ2v) is 6.04. The molecule has 2 aromatic heterocycles. The molecule has 0 aliphatic heterocycles. The van der Waals surface area contributed by atoms with E-state index in [0.29, 0.717) is 16.8 Å². The Hall–Kier alpha value is -2.34.